The van der Waals surface area contributed by atoms with Crippen molar-refractivity contribution in [2.75, 3.05) is 13.1 Å². The predicted molar refractivity (Wildman–Crippen MR) is 89.2 cm³/mol. The molecule has 1 saturated heterocycles. The fraction of sp³-hybridized carbons (Fsp3) is 0.412. The van der Waals surface area contributed by atoms with Crippen LogP contribution in [0, 0.1) is 0 Å². The first-order valence-corrected chi connectivity index (χ1v) is 8.11. The summed E-state index contributed by atoms with van der Waals surface area (Å²) in [5.41, 5.74) is 2.18. The highest BCUT2D eigenvalue weighted by Gasteiger charge is 2.21. The second-order valence-electron chi connectivity index (χ2n) is 5.87. The van der Waals surface area contributed by atoms with Crippen LogP contribution in [0.4, 0.5) is 4.79 Å². The number of hydrogen-bond donors (Lipinski definition) is 4. The normalized spacial score (nSPS) is 18.3. The zero-order valence-electron chi connectivity index (χ0n) is 13.0. The van der Waals surface area contributed by atoms with E-state index in [2.05, 4.69) is 33.1 Å². The van der Waals surface area contributed by atoms with Crippen molar-refractivity contribution in [3.8, 4) is 0 Å². The molecule has 122 valence electrons. The topological polar surface area (TPSA) is 86.0 Å². The SMILES string of the molecule is O=C(NCCc1cc2ccccc2[nH]1)N[C@H]1CCCCNC1=O. The highest BCUT2D eigenvalue weighted by atomic mass is 16.2. The van der Waals surface area contributed by atoms with E-state index in [4.69, 9.17) is 0 Å². The second-order valence-corrected chi connectivity index (χ2v) is 5.87. The number of aromatic nitrogens is 1. The van der Waals surface area contributed by atoms with Crippen LogP contribution in [0.15, 0.2) is 30.3 Å². The summed E-state index contributed by atoms with van der Waals surface area (Å²) in [5.74, 6) is -0.0896. The molecule has 4 N–H and O–H groups in total. The number of carbonyl (C=O) groups is 2. The van der Waals surface area contributed by atoms with E-state index in [1.54, 1.807) is 0 Å². The van der Waals surface area contributed by atoms with E-state index in [0.717, 1.165) is 30.5 Å². The summed E-state index contributed by atoms with van der Waals surface area (Å²) in [6.07, 6.45) is 3.32. The van der Waals surface area contributed by atoms with Gasteiger partial charge in [0, 0.05) is 30.7 Å². The number of benzene rings is 1. The molecule has 2 heterocycles. The number of H-pyrrole nitrogens is 1. The van der Waals surface area contributed by atoms with Crippen molar-refractivity contribution >= 4 is 22.8 Å². The second kappa shape index (κ2) is 7.17. The van der Waals surface area contributed by atoms with Crippen LogP contribution in [-0.4, -0.2) is 36.1 Å². The zero-order valence-corrected chi connectivity index (χ0v) is 13.0. The van der Waals surface area contributed by atoms with E-state index in [1.807, 2.05) is 18.2 Å². The monoisotopic (exact) mass is 314 g/mol. The van der Waals surface area contributed by atoms with Crippen LogP contribution in [0.25, 0.3) is 10.9 Å². The molecular formula is C17H22N4O2. The minimum absolute atomic E-state index is 0.0896. The molecule has 3 amide bonds. The standard InChI is InChI=1S/C17H22N4O2/c22-16-15(7-3-4-9-18-16)21-17(23)19-10-8-13-11-12-5-1-2-6-14(12)20-13/h1-2,5-6,11,15,20H,3-4,7-10H2,(H,18,22)(H2,19,21,23)/t15-/m0/s1. The lowest BCUT2D eigenvalue weighted by Gasteiger charge is -2.15. The maximum Gasteiger partial charge on any atom is 0.315 e. The highest BCUT2D eigenvalue weighted by Crippen LogP contribution is 2.14. The van der Waals surface area contributed by atoms with Crippen molar-refractivity contribution in [2.24, 2.45) is 0 Å². The Labute approximate surface area is 135 Å². The maximum absolute atomic E-state index is 11.9. The molecule has 0 unspecified atom stereocenters. The molecule has 1 aromatic heterocycles. The van der Waals surface area contributed by atoms with Crippen LogP contribution in [0.2, 0.25) is 0 Å². The molecule has 0 spiro atoms. The summed E-state index contributed by atoms with van der Waals surface area (Å²) >= 11 is 0. The molecule has 0 saturated carbocycles. The molecule has 6 heteroatoms. The molecule has 1 aromatic carbocycles. The molecule has 0 radical (unpaired) electrons. The molecule has 0 bridgehead atoms. The first kappa shape index (κ1) is 15.4. The average molecular weight is 314 g/mol. The van der Waals surface area contributed by atoms with Crippen LogP contribution in [0.5, 0.6) is 0 Å². The fourth-order valence-electron chi connectivity index (χ4n) is 2.87. The van der Waals surface area contributed by atoms with Gasteiger partial charge < -0.3 is 20.9 Å². The molecule has 3 rings (SSSR count). The van der Waals surface area contributed by atoms with Crippen LogP contribution >= 0.6 is 0 Å². The Kier molecular flexibility index (Phi) is 4.80. The minimum Gasteiger partial charge on any atom is -0.358 e. The minimum atomic E-state index is -0.425. The first-order valence-electron chi connectivity index (χ1n) is 8.11. The Morgan fingerprint density at radius 2 is 2.13 bits per heavy atom. The molecular weight excluding hydrogens is 292 g/mol. The van der Waals surface area contributed by atoms with Crippen molar-refractivity contribution in [1.29, 1.82) is 0 Å². The molecule has 0 aliphatic carbocycles. The summed E-state index contributed by atoms with van der Waals surface area (Å²) in [6, 6.07) is 9.46. The van der Waals surface area contributed by atoms with Crippen molar-refractivity contribution in [3.05, 3.63) is 36.0 Å². The smallest absolute Gasteiger partial charge is 0.315 e. The first-order chi connectivity index (χ1) is 11.2. The lowest BCUT2D eigenvalue weighted by atomic mass is 10.1. The van der Waals surface area contributed by atoms with Crippen molar-refractivity contribution < 1.29 is 9.59 Å². The number of rotatable bonds is 4. The van der Waals surface area contributed by atoms with Gasteiger partial charge in [-0.15, -0.1) is 0 Å². The number of fused-ring (bicyclic) bond motifs is 1. The molecule has 1 atom stereocenters. The lowest BCUT2D eigenvalue weighted by Crippen LogP contribution is -2.49. The number of urea groups is 1. The van der Waals surface area contributed by atoms with Gasteiger partial charge in [0.05, 0.1) is 0 Å². The van der Waals surface area contributed by atoms with Gasteiger partial charge in [0.2, 0.25) is 5.91 Å². The van der Waals surface area contributed by atoms with Crippen molar-refractivity contribution in [2.45, 2.75) is 31.7 Å². The van der Waals surface area contributed by atoms with Crippen LogP contribution in [-0.2, 0) is 11.2 Å². The number of para-hydroxylation sites is 1. The third-order valence-electron chi connectivity index (χ3n) is 4.11. The van der Waals surface area contributed by atoms with Gasteiger partial charge in [-0.25, -0.2) is 4.79 Å². The Morgan fingerprint density at radius 3 is 3.00 bits per heavy atom. The van der Waals surface area contributed by atoms with Crippen molar-refractivity contribution in [1.82, 2.24) is 20.9 Å². The van der Waals surface area contributed by atoms with E-state index >= 15 is 0 Å². The van der Waals surface area contributed by atoms with Gasteiger partial charge in [-0.2, -0.15) is 0 Å². The van der Waals surface area contributed by atoms with Crippen LogP contribution < -0.4 is 16.0 Å². The Bertz CT molecular complexity index is 662. The predicted octanol–water partition coefficient (Wildman–Crippen LogP) is 1.68. The Balaban J connectivity index is 1.46. The number of amides is 3. The molecule has 23 heavy (non-hydrogen) atoms. The summed E-state index contributed by atoms with van der Waals surface area (Å²) in [4.78, 5) is 27.0. The maximum atomic E-state index is 11.9. The molecule has 1 aliphatic rings. The fourth-order valence-corrected chi connectivity index (χ4v) is 2.87. The average Bonchev–Trinajstić information content (AvgIpc) is 2.85. The van der Waals surface area contributed by atoms with Gasteiger partial charge in [0.15, 0.2) is 0 Å². The van der Waals surface area contributed by atoms with Gasteiger partial charge >= 0.3 is 6.03 Å². The Morgan fingerprint density at radius 1 is 1.26 bits per heavy atom. The summed E-state index contributed by atoms with van der Waals surface area (Å²) in [5, 5.41) is 9.54. The Hall–Kier alpha value is -2.50. The van der Waals surface area contributed by atoms with Crippen molar-refractivity contribution in [3.63, 3.8) is 0 Å². The van der Waals surface area contributed by atoms with Gasteiger partial charge in [-0.3, -0.25) is 4.79 Å². The molecule has 1 aliphatic heterocycles. The number of aromatic amines is 1. The summed E-state index contributed by atoms with van der Waals surface area (Å²) < 4.78 is 0. The van der Waals surface area contributed by atoms with Gasteiger partial charge in [0.25, 0.3) is 0 Å². The quantitative estimate of drug-likeness (QED) is 0.692. The van der Waals surface area contributed by atoms with E-state index in [0.29, 0.717) is 19.5 Å². The third-order valence-corrected chi connectivity index (χ3v) is 4.11. The van der Waals surface area contributed by atoms with E-state index in [1.165, 1.54) is 5.39 Å². The zero-order chi connectivity index (χ0) is 16.1. The lowest BCUT2D eigenvalue weighted by molar-refractivity contribution is -0.122. The van der Waals surface area contributed by atoms with Crippen LogP contribution in [0.3, 0.4) is 0 Å². The highest BCUT2D eigenvalue weighted by molar-refractivity contribution is 5.87. The van der Waals surface area contributed by atoms with E-state index in [-0.39, 0.29) is 11.9 Å². The van der Waals surface area contributed by atoms with Gasteiger partial charge in [-0.05, 0) is 36.8 Å². The van der Waals surface area contributed by atoms with E-state index < -0.39 is 6.04 Å². The van der Waals surface area contributed by atoms with E-state index in [9.17, 15) is 9.59 Å². The number of carbonyl (C=O) groups excluding carboxylic acids is 2. The number of hydrogen-bond acceptors (Lipinski definition) is 2. The van der Waals surface area contributed by atoms with Gasteiger partial charge in [0.1, 0.15) is 6.04 Å². The molecule has 1 fully saturated rings. The van der Waals surface area contributed by atoms with Gasteiger partial charge in [-0.1, -0.05) is 18.2 Å². The third kappa shape index (κ3) is 4.03. The molecule has 2 aromatic rings. The summed E-state index contributed by atoms with van der Waals surface area (Å²) in [6.45, 7) is 1.21. The largest absolute Gasteiger partial charge is 0.358 e. The molecule has 6 nitrogen and oxygen atoms in total. The summed E-state index contributed by atoms with van der Waals surface area (Å²) in [7, 11) is 0. The number of nitrogens with one attached hydrogen (secondary N) is 4. The van der Waals surface area contributed by atoms with Crippen LogP contribution in [0.1, 0.15) is 25.0 Å².